The van der Waals surface area contributed by atoms with Crippen LogP contribution in [0.5, 0.6) is 5.75 Å². The third-order valence-electron chi connectivity index (χ3n) is 7.66. The van der Waals surface area contributed by atoms with Crippen LogP contribution in [-0.4, -0.2) is 34.5 Å². The van der Waals surface area contributed by atoms with E-state index in [2.05, 4.69) is 14.9 Å². The van der Waals surface area contributed by atoms with Crippen LogP contribution >= 0.6 is 0 Å². The van der Waals surface area contributed by atoms with E-state index in [0.717, 1.165) is 38.3 Å². The number of hydrogen-bond donors (Lipinski definition) is 2. The third-order valence-corrected chi connectivity index (χ3v) is 9.06. The van der Waals surface area contributed by atoms with Crippen LogP contribution in [-0.2, 0) is 14.8 Å². The number of nitrogens with zero attached hydrogens (tertiary/aromatic N) is 1. The highest BCUT2D eigenvalue weighted by atomic mass is 32.2. The number of anilines is 3. The highest BCUT2D eigenvalue weighted by Gasteiger charge is 2.40. The van der Waals surface area contributed by atoms with E-state index in [1.165, 1.54) is 26.4 Å². The maximum atomic E-state index is 13.5. The number of amides is 1. The minimum Gasteiger partial charge on any atom is -0.495 e. The van der Waals surface area contributed by atoms with Gasteiger partial charge in [0.05, 0.1) is 18.5 Å². The summed E-state index contributed by atoms with van der Waals surface area (Å²) in [7, 11) is -2.42. The van der Waals surface area contributed by atoms with E-state index in [-0.39, 0.29) is 10.8 Å². The number of fused-ring (bicyclic) bond motifs is 2. The molecule has 5 rings (SSSR count). The average molecular weight is 484 g/mol. The molecular formula is C26H33N3O4S. The normalized spacial score (nSPS) is 23.8. The monoisotopic (exact) mass is 483 g/mol. The second-order valence-electron chi connectivity index (χ2n) is 9.87. The number of para-hydroxylation sites is 2. The van der Waals surface area contributed by atoms with Crippen LogP contribution < -0.4 is 19.7 Å². The standard InChI is InChI=1S/C26H33N3O4S/c1-33-24-7-3-2-6-22(24)28-34(31,32)25-17-21(10-11-23(25)29-12-4-5-13-29)27-26(30)16-20-15-18-8-9-19(20)14-18/h2-3,6-7,10-11,17-20,28H,4-5,8-9,12-16H2,1H3,(H,27,30)/t18-,19-,20+/m0/s1. The molecule has 3 atom stereocenters. The summed E-state index contributed by atoms with van der Waals surface area (Å²) < 4.78 is 35.1. The molecule has 2 bridgehead atoms. The Bertz CT molecular complexity index is 1160. The van der Waals surface area contributed by atoms with Gasteiger partial charge in [-0.2, -0.15) is 0 Å². The zero-order valence-corrected chi connectivity index (χ0v) is 20.4. The van der Waals surface area contributed by atoms with Crippen molar-refractivity contribution in [2.45, 2.75) is 49.8 Å². The third kappa shape index (κ3) is 4.73. The zero-order chi connectivity index (χ0) is 23.7. The number of nitrogens with one attached hydrogen (secondary N) is 2. The molecule has 2 aliphatic carbocycles. The lowest BCUT2D eigenvalue weighted by Crippen LogP contribution is -2.24. The molecule has 0 unspecified atom stereocenters. The molecule has 3 aliphatic rings. The number of sulfonamides is 1. The van der Waals surface area contributed by atoms with Gasteiger partial charge in [-0.3, -0.25) is 9.52 Å². The molecule has 1 amide bonds. The van der Waals surface area contributed by atoms with Gasteiger partial charge < -0.3 is 15.0 Å². The highest BCUT2D eigenvalue weighted by molar-refractivity contribution is 7.93. The molecule has 0 spiro atoms. The lowest BCUT2D eigenvalue weighted by molar-refractivity contribution is -0.117. The van der Waals surface area contributed by atoms with E-state index in [0.29, 0.717) is 41.1 Å². The minimum absolute atomic E-state index is 0.0347. The first-order valence-corrected chi connectivity index (χ1v) is 13.8. The summed E-state index contributed by atoms with van der Waals surface area (Å²) in [6.45, 7) is 1.63. The van der Waals surface area contributed by atoms with Gasteiger partial charge in [-0.05, 0) is 80.2 Å². The maximum Gasteiger partial charge on any atom is 0.264 e. The Hall–Kier alpha value is -2.74. The van der Waals surface area contributed by atoms with E-state index in [4.69, 9.17) is 4.74 Å². The van der Waals surface area contributed by atoms with Crippen LogP contribution in [0, 0.1) is 17.8 Å². The van der Waals surface area contributed by atoms with Gasteiger partial charge in [-0.1, -0.05) is 18.6 Å². The van der Waals surface area contributed by atoms with E-state index in [9.17, 15) is 13.2 Å². The van der Waals surface area contributed by atoms with Gasteiger partial charge >= 0.3 is 0 Å². The molecular weight excluding hydrogens is 450 g/mol. The summed E-state index contributed by atoms with van der Waals surface area (Å²) in [5.41, 5.74) is 1.55. The topological polar surface area (TPSA) is 87.7 Å². The van der Waals surface area contributed by atoms with Crippen molar-refractivity contribution < 1.29 is 17.9 Å². The van der Waals surface area contributed by atoms with Gasteiger partial charge in [-0.25, -0.2) is 8.42 Å². The van der Waals surface area contributed by atoms with Crippen LogP contribution in [0.1, 0.15) is 44.9 Å². The van der Waals surface area contributed by atoms with Crippen molar-refractivity contribution in [3.05, 3.63) is 42.5 Å². The molecule has 2 aromatic rings. The lowest BCUT2D eigenvalue weighted by atomic mass is 9.86. The van der Waals surface area contributed by atoms with Crippen molar-refractivity contribution in [1.82, 2.24) is 0 Å². The molecule has 2 N–H and O–H groups in total. The molecule has 1 aliphatic heterocycles. The maximum absolute atomic E-state index is 13.5. The first-order valence-electron chi connectivity index (χ1n) is 12.3. The first kappa shape index (κ1) is 23.0. The van der Waals surface area contributed by atoms with E-state index < -0.39 is 10.0 Å². The zero-order valence-electron chi connectivity index (χ0n) is 19.6. The van der Waals surface area contributed by atoms with E-state index in [1.54, 1.807) is 30.3 Å². The summed E-state index contributed by atoms with van der Waals surface area (Å²) in [6, 6.07) is 12.2. The van der Waals surface area contributed by atoms with Crippen molar-refractivity contribution in [3.63, 3.8) is 0 Å². The molecule has 0 aromatic heterocycles. The highest BCUT2D eigenvalue weighted by Crippen LogP contribution is 2.49. The summed E-state index contributed by atoms with van der Waals surface area (Å²) in [5.74, 6) is 2.34. The van der Waals surface area contributed by atoms with Crippen LogP contribution in [0.25, 0.3) is 0 Å². The minimum atomic E-state index is -3.92. The van der Waals surface area contributed by atoms with Gasteiger partial charge in [0, 0.05) is 25.2 Å². The van der Waals surface area contributed by atoms with Crippen LogP contribution in [0.2, 0.25) is 0 Å². The van der Waals surface area contributed by atoms with Crippen LogP contribution in [0.3, 0.4) is 0 Å². The molecule has 1 heterocycles. The molecule has 7 nitrogen and oxygen atoms in total. The summed E-state index contributed by atoms with van der Waals surface area (Å²) in [5, 5.41) is 2.97. The second kappa shape index (κ2) is 9.49. The predicted octanol–water partition coefficient (Wildman–Crippen LogP) is 4.86. The summed E-state index contributed by atoms with van der Waals surface area (Å²) in [6.07, 6.45) is 7.53. The Balaban J connectivity index is 1.39. The molecule has 1 saturated heterocycles. The molecule has 2 aromatic carbocycles. The lowest BCUT2D eigenvalue weighted by Gasteiger charge is -2.23. The van der Waals surface area contributed by atoms with E-state index >= 15 is 0 Å². The SMILES string of the molecule is COc1ccccc1NS(=O)(=O)c1cc(NC(=O)C[C@H]2C[C@H]3CC[C@H]2C3)ccc1N1CCCC1. The number of carbonyl (C=O) groups is 1. The fraction of sp³-hybridized carbons (Fsp3) is 0.500. The number of ether oxygens (including phenoxy) is 1. The molecule has 8 heteroatoms. The van der Waals surface area contributed by atoms with Crippen molar-refractivity contribution in [2.75, 3.05) is 35.1 Å². The molecule has 34 heavy (non-hydrogen) atoms. The fourth-order valence-electron chi connectivity index (χ4n) is 6.03. The number of rotatable bonds is 8. The number of hydrogen-bond acceptors (Lipinski definition) is 5. The van der Waals surface area contributed by atoms with E-state index in [1.807, 2.05) is 12.1 Å². The molecule has 0 radical (unpaired) electrons. The Labute approximate surface area is 201 Å². The molecule has 3 fully saturated rings. The fourth-order valence-corrected chi connectivity index (χ4v) is 7.35. The van der Waals surface area contributed by atoms with Crippen molar-refractivity contribution in [1.29, 1.82) is 0 Å². The van der Waals surface area contributed by atoms with Crippen LogP contribution in [0.4, 0.5) is 17.1 Å². The van der Waals surface area contributed by atoms with Gasteiger partial charge in [0.15, 0.2) is 0 Å². The second-order valence-corrected chi connectivity index (χ2v) is 11.5. The van der Waals surface area contributed by atoms with Gasteiger partial charge in [0.1, 0.15) is 10.6 Å². The smallest absolute Gasteiger partial charge is 0.264 e. The van der Waals surface area contributed by atoms with Gasteiger partial charge in [-0.15, -0.1) is 0 Å². The Morgan fingerprint density at radius 1 is 1.09 bits per heavy atom. The van der Waals surface area contributed by atoms with Gasteiger partial charge in [0.2, 0.25) is 5.91 Å². The molecule has 2 saturated carbocycles. The Morgan fingerprint density at radius 2 is 1.88 bits per heavy atom. The average Bonchev–Trinajstić information content (AvgIpc) is 3.58. The van der Waals surface area contributed by atoms with Crippen molar-refractivity contribution in [3.8, 4) is 5.75 Å². The van der Waals surface area contributed by atoms with Crippen molar-refractivity contribution >= 4 is 33.0 Å². The summed E-state index contributed by atoms with van der Waals surface area (Å²) in [4.78, 5) is 15.1. The predicted molar refractivity (Wildman–Crippen MR) is 134 cm³/mol. The Morgan fingerprint density at radius 3 is 2.59 bits per heavy atom. The quantitative estimate of drug-likeness (QED) is 0.560. The summed E-state index contributed by atoms with van der Waals surface area (Å²) >= 11 is 0. The largest absolute Gasteiger partial charge is 0.495 e. The number of benzene rings is 2. The van der Waals surface area contributed by atoms with Crippen molar-refractivity contribution in [2.24, 2.45) is 17.8 Å². The Kier molecular flexibility index (Phi) is 6.42. The number of carbonyl (C=O) groups excluding carboxylic acids is 1. The first-order chi connectivity index (χ1) is 16.4. The van der Waals surface area contributed by atoms with Gasteiger partial charge in [0.25, 0.3) is 10.0 Å². The van der Waals surface area contributed by atoms with Crippen LogP contribution in [0.15, 0.2) is 47.4 Å². The number of methoxy groups -OCH3 is 1. The molecule has 182 valence electrons.